The fraction of sp³-hybridized carbons (Fsp3) is 0.462. The molecule has 18 heavy (non-hydrogen) atoms. The molecule has 2 atom stereocenters. The average Bonchev–Trinajstić information content (AvgIpc) is 2.34. The molecule has 0 radical (unpaired) electrons. The maximum Gasteiger partial charge on any atom is 0.229 e. The molecule has 1 aliphatic rings. The molecule has 0 aromatic heterocycles. The van der Waals surface area contributed by atoms with E-state index in [9.17, 15) is 9.18 Å². The Morgan fingerprint density at radius 2 is 2.11 bits per heavy atom. The molecule has 0 saturated heterocycles. The van der Waals surface area contributed by atoms with E-state index in [-0.39, 0.29) is 23.7 Å². The second-order valence-corrected chi connectivity index (χ2v) is 5.53. The topological polar surface area (TPSA) is 55.1 Å². The lowest BCUT2D eigenvalue weighted by molar-refractivity contribution is -0.121. The lowest BCUT2D eigenvalue weighted by Crippen LogP contribution is -2.40. The van der Waals surface area contributed by atoms with Gasteiger partial charge in [-0.1, -0.05) is 12.8 Å². The number of carbonyl (C=O) groups excluding carboxylic acids is 1. The van der Waals surface area contributed by atoms with E-state index in [1.54, 1.807) is 12.1 Å². The number of halogens is 2. The predicted molar refractivity (Wildman–Crippen MR) is 72.7 cm³/mol. The molecule has 1 aromatic carbocycles. The summed E-state index contributed by atoms with van der Waals surface area (Å²) in [5.41, 5.74) is 6.55. The van der Waals surface area contributed by atoms with Crippen LogP contribution in [-0.2, 0) is 4.79 Å². The van der Waals surface area contributed by atoms with Crippen molar-refractivity contribution in [1.82, 2.24) is 0 Å². The van der Waals surface area contributed by atoms with E-state index in [0.29, 0.717) is 10.2 Å². The van der Waals surface area contributed by atoms with E-state index in [1.807, 2.05) is 0 Å². The van der Waals surface area contributed by atoms with Gasteiger partial charge in [-0.25, -0.2) is 4.39 Å². The van der Waals surface area contributed by atoms with Crippen molar-refractivity contribution in [3.8, 4) is 0 Å². The Morgan fingerprint density at radius 1 is 1.39 bits per heavy atom. The van der Waals surface area contributed by atoms with Crippen molar-refractivity contribution in [3.05, 3.63) is 28.5 Å². The number of amides is 1. The van der Waals surface area contributed by atoms with Gasteiger partial charge in [0.1, 0.15) is 5.82 Å². The molecule has 1 amide bonds. The summed E-state index contributed by atoms with van der Waals surface area (Å²) in [6.07, 6.45) is 3.85. The van der Waals surface area contributed by atoms with Gasteiger partial charge in [0.2, 0.25) is 5.91 Å². The third kappa shape index (κ3) is 3.09. The molecule has 0 heterocycles. The Balaban J connectivity index is 2.04. The minimum Gasteiger partial charge on any atom is -0.327 e. The fourth-order valence-corrected chi connectivity index (χ4v) is 2.67. The van der Waals surface area contributed by atoms with Gasteiger partial charge in [0, 0.05) is 11.7 Å². The molecule has 3 nitrogen and oxygen atoms in total. The van der Waals surface area contributed by atoms with Crippen LogP contribution >= 0.6 is 15.9 Å². The second kappa shape index (κ2) is 5.80. The third-order valence-corrected chi connectivity index (χ3v) is 3.95. The standard InChI is InChI=1S/C13H16BrFN2O/c14-10-7-8(5-6-11(10)15)17-13(18)9-3-1-2-4-12(9)16/h5-7,9,12H,1-4,16H2,(H,17,18). The molecular weight excluding hydrogens is 299 g/mol. The van der Waals surface area contributed by atoms with E-state index in [2.05, 4.69) is 21.2 Å². The van der Waals surface area contributed by atoms with Crippen LogP contribution in [0, 0.1) is 11.7 Å². The van der Waals surface area contributed by atoms with Crippen molar-refractivity contribution >= 4 is 27.5 Å². The molecule has 2 rings (SSSR count). The SMILES string of the molecule is NC1CCCCC1C(=O)Nc1ccc(F)c(Br)c1. The van der Waals surface area contributed by atoms with Crippen molar-refractivity contribution < 1.29 is 9.18 Å². The largest absolute Gasteiger partial charge is 0.327 e. The van der Waals surface area contributed by atoms with Crippen LogP contribution in [0.25, 0.3) is 0 Å². The van der Waals surface area contributed by atoms with E-state index in [4.69, 9.17) is 5.73 Å². The lowest BCUT2D eigenvalue weighted by atomic mass is 9.84. The summed E-state index contributed by atoms with van der Waals surface area (Å²) in [6, 6.07) is 4.36. The third-order valence-electron chi connectivity index (χ3n) is 3.34. The first-order valence-corrected chi connectivity index (χ1v) is 6.88. The van der Waals surface area contributed by atoms with Gasteiger partial charge >= 0.3 is 0 Å². The van der Waals surface area contributed by atoms with Crippen LogP contribution in [0.5, 0.6) is 0 Å². The number of hydrogen-bond acceptors (Lipinski definition) is 2. The first-order valence-electron chi connectivity index (χ1n) is 6.09. The fourth-order valence-electron chi connectivity index (χ4n) is 2.29. The Labute approximate surface area is 114 Å². The highest BCUT2D eigenvalue weighted by atomic mass is 79.9. The monoisotopic (exact) mass is 314 g/mol. The van der Waals surface area contributed by atoms with Crippen LogP contribution < -0.4 is 11.1 Å². The summed E-state index contributed by atoms with van der Waals surface area (Å²) < 4.78 is 13.4. The number of nitrogens with one attached hydrogen (secondary N) is 1. The van der Waals surface area contributed by atoms with E-state index >= 15 is 0 Å². The van der Waals surface area contributed by atoms with Crippen molar-refractivity contribution in [2.24, 2.45) is 11.7 Å². The molecule has 1 aliphatic carbocycles. The summed E-state index contributed by atoms with van der Waals surface area (Å²) >= 11 is 3.09. The van der Waals surface area contributed by atoms with Crippen LogP contribution in [0.1, 0.15) is 25.7 Å². The normalized spacial score (nSPS) is 23.7. The molecule has 0 bridgehead atoms. The van der Waals surface area contributed by atoms with Gasteiger partial charge in [-0.05, 0) is 47.0 Å². The average molecular weight is 315 g/mol. The van der Waals surface area contributed by atoms with Gasteiger partial charge in [-0.3, -0.25) is 4.79 Å². The zero-order valence-electron chi connectivity index (χ0n) is 9.96. The number of anilines is 1. The number of nitrogens with two attached hydrogens (primary N) is 1. The van der Waals surface area contributed by atoms with Crippen LogP contribution in [0.2, 0.25) is 0 Å². The Bertz CT molecular complexity index is 453. The molecule has 0 aliphatic heterocycles. The van der Waals surface area contributed by atoms with Crippen LogP contribution in [-0.4, -0.2) is 11.9 Å². The summed E-state index contributed by atoms with van der Waals surface area (Å²) in [6.45, 7) is 0. The Hall–Kier alpha value is -0.940. The van der Waals surface area contributed by atoms with E-state index in [0.717, 1.165) is 25.7 Å². The number of benzene rings is 1. The van der Waals surface area contributed by atoms with Crippen LogP contribution in [0.15, 0.2) is 22.7 Å². The summed E-state index contributed by atoms with van der Waals surface area (Å²) in [4.78, 5) is 12.1. The van der Waals surface area contributed by atoms with E-state index < -0.39 is 0 Å². The van der Waals surface area contributed by atoms with Gasteiger partial charge < -0.3 is 11.1 Å². The quantitative estimate of drug-likeness (QED) is 0.881. The lowest BCUT2D eigenvalue weighted by Gasteiger charge is -2.27. The number of rotatable bonds is 2. The predicted octanol–water partition coefficient (Wildman–Crippen LogP) is 3.04. The maximum atomic E-state index is 13.1. The molecule has 1 saturated carbocycles. The number of hydrogen-bond donors (Lipinski definition) is 2. The van der Waals surface area contributed by atoms with Crippen molar-refractivity contribution in [2.45, 2.75) is 31.7 Å². The minimum absolute atomic E-state index is 0.0670. The molecule has 2 unspecified atom stereocenters. The van der Waals surface area contributed by atoms with E-state index in [1.165, 1.54) is 6.07 Å². The van der Waals surface area contributed by atoms with Crippen molar-refractivity contribution in [3.63, 3.8) is 0 Å². The maximum absolute atomic E-state index is 13.1. The molecule has 5 heteroatoms. The van der Waals surface area contributed by atoms with Crippen molar-refractivity contribution in [2.75, 3.05) is 5.32 Å². The Kier molecular flexibility index (Phi) is 4.35. The summed E-state index contributed by atoms with van der Waals surface area (Å²) in [7, 11) is 0. The van der Waals surface area contributed by atoms with Crippen molar-refractivity contribution in [1.29, 1.82) is 0 Å². The summed E-state index contributed by atoms with van der Waals surface area (Å²) in [5.74, 6) is -0.550. The number of carbonyl (C=O) groups is 1. The second-order valence-electron chi connectivity index (χ2n) is 4.67. The zero-order chi connectivity index (χ0) is 13.1. The first-order chi connectivity index (χ1) is 8.58. The van der Waals surface area contributed by atoms with Crippen LogP contribution in [0.3, 0.4) is 0 Å². The van der Waals surface area contributed by atoms with Gasteiger partial charge in [0.05, 0.1) is 10.4 Å². The first kappa shape index (κ1) is 13.5. The molecule has 3 N–H and O–H groups in total. The molecule has 1 fully saturated rings. The summed E-state index contributed by atoms with van der Waals surface area (Å²) in [5, 5.41) is 2.79. The van der Waals surface area contributed by atoms with Gasteiger partial charge in [-0.2, -0.15) is 0 Å². The highest BCUT2D eigenvalue weighted by molar-refractivity contribution is 9.10. The molecule has 1 aromatic rings. The molecule has 98 valence electrons. The molecular formula is C13H16BrFN2O. The van der Waals surface area contributed by atoms with Gasteiger partial charge in [0.25, 0.3) is 0 Å². The highest BCUT2D eigenvalue weighted by Gasteiger charge is 2.28. The van der Waals surface area contributed by atoms with Crippen LogP contribution in [0.4, 0.5) is 10.1 Å². The highest BCUT2D eigenvalue weighted by Crippen LogP contribution is 2.25. The zero-order valence-corrected chi connectivity index (χ0v) is 11.5. The smallest absolute Gasteiger partial charge is 0.229 e. The van der Waals surface area contributed by atoms with Gasteiger partial charge in [0.15, 0.2) is 0 Å². The minimum atomic E-state index is -0.345. The molecule has 0 spiro atoms. The Morgan fingerprint density at radius 3 is 2.78 bits per heavy atom. The van der Waals surface area contributed by atoms with Gasteiger partial charge in [-0.15, -0.1) is 0 Å².